The number of hydrogen-bond donors (Lipinski definition) is 3. The standard InChI is InChI=1S/C22H39N5O/c1-5-22(6-2,26-19(3)20-10-8-7-9-11-20)18-25-21(23-4)24-12-13-27-14-16-28-17-15-27/h7-11,19,26H,5-6,12-18H2,1-4H3,(H2,23,24,25). The van der Waals surface area contributed by atoms with Gasteiger partial charge in [-0.2, -0.15) is 0 Å². The molecule has 1 atom stereocenters. The molecule has 0 radical (unpaired) electrons. The molecule has 1 saturated heterocycles. The first-order chi connectivity index (χ1) is 13.6. The predicted octanol–water partition coefficient (Wildman–Crippen LogP) is 2.39. The maximum absolute atomic E-state index is 5.41. The van der Waals surface area contributed by atoms with Crippen molar-refractivity contribution in [3.8, 4) is 0 Å². The van der Waals surface area contributed by atoms with Gasteiger partial charge in [0.2, 0.25) is 0 Å². The third-order valence-corrected chi connectivity index (χ3v) is 5.82. The Kier molecular flexibility index (Phi) is 9.75. The van der Waals surface area contributed by atoms with Gasteiger partial charge in [-0.3, -0.25) is 9.89 Å². The van der Waals surface area contributed by atoms with Crippen LogP contribution in [0.25, 0.3) is 0 Å². The predicted molar refractivity (Wildman–Crippen MR) is 118 cm³/mol. The summed E-state index contributed by atoms with van der Waals surface area (Å²) in [5.41, 5.74) is 1.35. The molecule has 0 spiro atoms. The summed E-state index contributed by atoms with van der Waals surface area (Å²) in [5, 5.41) is 10.9. The van der Waals surface area contributed by atoms with Gasteiger partial charge in [0.25, 0.3) is 0 Å². The molecule has 0 saturated carbocycles. The average Bonchev–Trinajstić information content (AvgIpc) is 2.76. The molecule has 28 heavy (non-hydrogen) atoms. The molecule has 0 bridgehead atoms. The Labute approximate surface area is 171 Å². The van der Waals surface area contributed by atoms with E-state index in [4.69, 9.17) is 4.74 Å². The second kappa shape index (κ2) is 12.0. The molecule has 1 aliphatic rings. The quantitative estimate of drug-likeness (QED) is 0.424. The lowest BCUT2D eigenvalue weighted by Gasteiger charge is -2.37. The monoisotopic (exact) mass is 389 g/mol. The van der Waals surface area contributed by atoms with E-state index in [-0.39, 0.29) is 5.54 Å². The highest BCUT2D eigenvalue weighted by Gasteiger charge is 2.28. The third-order valence-electron chi connectivity index (χ3n) is 5.82. The van der Waals surface area contributed by atoms with Crippen molar-refractivity contribution in [3.05, 3.63) is 35.9 Å². The van der Waals surface area contributed by atoms with E-state index >= 15 is 0 Å². The smallest absolute Gasteiger partial charge is 0.191 e. The number of rotatable bonds is 10. The van der Waals surface area contributed by atoms with Crippen molar-refractivity contribution in [2.24, 2.45) is 4.99 Å². The maximum Gasteiger partial charge on any atom is 0.191 e. The van der Waals surface area contributed by atoms with Gasteiger partial charge in [0.15, 0.2) is 5.96 Å². The molecule has 6 nitrogen and oxygen atoms in total. The van der Waals surface area contributed by atoms with Crippen LogP contribution in [0.1, 0.15) is 45.2 Å². The molecule has 2 rings (SSSR count). The molecule has 1 heterocycles. The summed E-state index contributed by atoms with van der Waals surface area (Å²) < 4.78 is 5.41. The summed E-state index contributed by atoms with van der Waals surface area (Å²) >= 11 is 0. The van der Waals surface area contributed by atoms with Crippen molar-refractivity contribution in [1.82, 2.24) is 20.9 Å². The van der Waals surface area contributed by atoms with E-state index in [0.717, 1.165) is 64.7 Å². The van der Waals surface area contributed by atoms with Crippen LogP contribution in [0.15, 0.2) is 35.3 Å². The van der Waals surface area contributed by atoms with Crippen molar-refractivity contribution in [2.45, 2.75) is 45.2 Å². The largest absolute Gasteiger partial charge is 0.379 e. The number of nitrogens with zero attached hydrogens (tertiary/aromatic N) is 2. The first-order valence-electron chi connectivity index (χ1n) is 10.7. The molecule has 0 amide bonds. The third kappa shape index (κ3) is 7.08. The molecule has 0 aromatic heterocycles. The maximum atomic E-state index is 5.41. The molecule has 3 N–H and O–H groups in total. The van der Waals surface area contributed by atoms with Crippen LogP contribution in [-0.2, 0) is 4.74 Å². The van der Waals surface area contributed by atoms with Crippen molar-refractivity contribution >= 4 is 5.96 Å². The molecule has 1 fully saturated rings. The molecule has 6 heteroatoms. The van der Waals surface area contributed by atoms with Crippen molar-refractivity contribution < 1.29 is 4.74 Å². The van der Waals surface area contributed by atoms with E-state index in [9.17, 15) is 0 Å². The van der Waals surface area contributed by atoms with Crippen LogP contribution in [0.3, 0.4) is 0 Å². The van der Waals surface area contributed by atoms with E-state index in [1.165, 1.54) is 5.56 Å². The minimum atomic E-state index is 0.0249. The van der Waals surface area contributed by atoms with Crippen LogP contribution in [0.2, 0.25) is 0 Å². The molecule has 1 aromatic rings. The number of aliphatic imine (C=N–C) groups is 1. The number of benzene rings is 1. The lowest BCUT2D eigenvalue weighted by Crippen LogP contribution is -2.55. The second-order valence-electron chi connectivity index (χ2n) is 7.57. The molecular formula is C22H39N5O. The van der Waals surface area contributed by atoms with Gasteiger partial charge in [0, 0.05) is 51.4 Å². The van der Waals surface area contributed by atoms with Crippen LogP contribution in [0.4, 0.5) is 0 Å². The van der Waals surface area contributed by atoms with E-state index in [1.807, 2.05) is 7.05 Å². The van der Waals surface area contributed by atoms with Crippen molar-refractivity contribution in [1.29, 1.82) is 0 Å². The van der Waals surface area contributed by atoms with Crippen LogP contribution in [0, 0.1) is 0 Å². The van der Waals surface area contributed by atoms with E-state index in [1.54, 1.807) is 0 Å². The normalized spacial score (nSPS) is 17.4. The highest BCUT2D eigenvalue weighted by molar-refractivity contribution is 5.79. The summed E-state index contributed by atoms with van der Waals surface area (Å²) in [6, 6.07) is 11.0. The Morgan fingerprint density at radius 1 is 1.14 bits per heavy atom. The fourth-order valence-electron chi connectivity index (χ4n) is 3.67. The van der Waals surface area contributed by atoms with E-state index < -0.39 is 0 Å². The lowest BCUT2D eigenvalue weighted by molar-refractivity contribution is 0.0389. The molecule has 158 valence electrons. The van der Waals surface area contributed by atoms with Crippen molar-refractivity contribution in [2.75, 3.05) is 53.0 Å². The Morgan fingerprint density at radius 2 is 1.82 bits per heavy atom. The zero-order valence-electron chi connectivity index (χ0n) is 18.1. The van der Waals surface area contributed by atoms with Crippen LogP contribution in [0.5, 0.6) is 0 Å². The summed E-state index contributed by atoms with van der Waals surface area (Å²) in [6.07, 6.45) is 2.11. The van der Waals surface area contributed by atoms with E-state index in [2.05, 4.69) is 76.9 Å². The molecule has 1 unspecified atom stereocenters. The molecule has 0 aliphatic carbocycles. The SMILES string of the molecule is CCC(CC)(CNC(=NC)NCCN1CCOCC1)NC(C)c1ccccc1. The summed E-state index contributed by atoms with van der Waals surface area (Å²) in [5.74, 6) is 0.869. The van der Waals surface area contributed by atoms with Crippen LogP contribution in [-0.4, -0.2) is 69.4 Å². The number of hydrogen-bond acceptors (Lipinski definition) is 4. The number of nitrogens with one attached hydrogen (secondary N) is 3. The highest BCUT2D eigenvalue weighted by atomic mass is 16.5. The topological polar surface area (TPSA) is 60.9 Å². The van der Waals surface area contributed by atoms with Gasteiger partial charge in [-0.1, -0.05) is 44.2 Å². The zero-order chi connectivity index (χ0) is 20.2. The minimum Gasteiger partial charge on any atom is -0.379 e. The Bertz CT molecular complexity index is 568. The first kappa shape index (κ1) is 22.7. The zero-order valence-corrected chi connectivity index (χ0v) is 18.1. The number of guanidine groups is 1. The van der Waals surface area contributed by atoms with Crippen LogP contribution < -0.4 is 16.0 Å². The van der Waals surface area contributed by atoms with Gasteiger partial charge in [-0.05, 0) is 25.3 Å². The van der Waals surface area contributed by atoms with Gasteiger partial charge in [0.05, 0.1) is 13.2 Å². The van der Waals surface area contributed by atoms with Crippen LogP contribution >= 0.6 is 0 Å². The number of ether oxygens (including phenoxy) is 1. The van der Waals surface area contributed by atoms with Gasteiger partial charge < -0.3 is 20.7 Å². The lowest BCUT2D eigenvalue weighted by atomic mass is 9.90. The van der Waals surface area contributed by atoms with Gasteiger partial charge >= 0.3 is 0 Å². The van der Waals surface area contributed by atoms with Gasteiger partial charge in [-0.15, -0.1) is 0 Å². The Morgan fingerprint density at radius 3 is 2.43 bits per heavy atom. The fraction of sp³-hybridized carbons (Fsp3) is 0.682. The van der Waals surface area contributed by atoms with Crippen molar-refractivity contribution in [3.63, 3.8) is 0 Å². The van der Waals surface area contributed by atoms with E-state index in [0.29, 0.717) is 6.04 Å². The number of morpholine rings is 1. The second-order valence-corrected chi connectivity index (χ2v) is 7.57. The highest BCUT2D eigenvalue weighted by Crippen LogP contribution is 2.21. The van der Waals surface area contributed by atoms with Gasteiger partial charge in [-0.25, -0.2) is 0 Å². The molecule has 1 aliphatic heterocycles. The fourth-order valence-corrected chi connectivity index (χ4v) is 3.67. The Balaban J connectivity index is 1.83. The Hall–Kier alpha value is -1.63. The summed E-state index contributed by atoms with van der Waals surface area (Å²) in [6.45, 7) is 13.2. The van der Waals surface area contributed by atoms with Gasteiger partial charge in [0.1, 0.15) is 0 Å². The summed E-state index contributed by atoms with van der Waals surface area (Å²) in [7, 11) is 1.84. The minimum absolute atomic E-state index is 0.0249. The first-order valence-corrected chi connectivity index (χ1v) is 10.7. The average molecular weight is 390 g/mol. The molecular weight excluding hydrogens is 350 g/mol. The molecule has 1 aromatic carbocycles. The summed E-state index contributed by atoms with van der Waals surface area (Å²) in [4.78, 5) is 6.83.